The molecule has 0 aromatic carbocycles. The number of anilines is 1. The number of carbonyl (C=O) groups is 2. The Labute approximate surface area is 171 Å². The first-order valence-electron chi connectivity index (χ1n) is 8.50. The van der Waals surface area contributed by atoms with Crippen LogP contribution in [0.1, 0.15) is 46.3 Å². The molecular weight excluding hydrogens is 446 g/mol. The lowest BCUT2D eigenvalue weighted by Crippen LogP contribution is -2.51. The Kier molecular flexibility index (Phi) is 6.48. The van der Waals surface area contributed by atoms with Crippen molar-refractivity contribution >= 4 is 29.1 Å². The van der Waals surface area contributed by atoms with E-state index >= 15 is 0 Å². The van der Waals surface area contributed by atoms with Gasteiger partial charge in [0.2, 0.25) is 0 Å². The molecule has 1 aromatic rings. The number of alkyl halides is 6. The van der Waals surface area contributed by atoms with E-state index in [1.54, 1.807) is 5.32 Å². The Morgan fingerprint density at radius 1 is 1.17 bits per heavy atom. The van der Waals surface area contributed by atoms with Crippen LogP contribution in [0.15, 0.2) is 0 Å². The van der Waals surface area contributed by atoms with Crippen LogP contribution in [0.4, 0.5) is 32.0 Å². The van der Waals surface area contributed by atoms with E-state index in [0.29, 0.717) is 19.8 Å². The average molecular weight is 463 g/mol. The van der Waals surface area contributed by atoms with Crippen molar-refractivity contribution in [2.45, 2.75) is 37.7 Å². The summed E-state index contributed by atoms with van der Waals surface area (Å²) >= 11 is 5.68. The van der Waals surface area contributed by atoms with Crippen LogP contribution in [-0.2, 0) is 6.18 Å². The zero-order chi connectivity index (χ0) is 23.1. The monoisotopic (exact) mass is 462 g/mol. The van der Waals surface area contributed by atoms with Gasteiger partial charge in [-0.1, -0.05) is 11.6 Å². The molecule has 4 N–H and O–H groups in total. The summed E-state index contributed by atoms with van der Waals surface area (Å²) in [5.41, 5.74) is -2.62. The smallest absolute Gasteiger partial charge is 0.396 e. The summed E-state index contributed by atoms with van der Waals surface area (Å²) < 4.78 is 78.6. The summed E-state index contributed by atoms with van der Waals surface area (Å²) in [6.45, 7) is -0.637. The van der Waals surface area contributed by atoms with E-state index in [2.05, 4.69) is 4.98 Å². The Morgan fingerprint density at radius 2 is 1.70 bits per heavy atom. The van der Waals surface area contributed by atoms with Crippen LogP contribution in [0.2, 0.25) is 5.02 Å². The third-order valence-corrected chi connectivity index (χ3v) is 4.86. The van der Waals surface area contributed by atoms with Gasteiger partial charge < -0.3 is 21.1 Å². The van der Waals surface area contributed by atoms with E-state index in [4.69, 9.17) is 17.3 Å². The minimum absolute atomic E-state index is 0.162. The molecule has 1 unspecified atom stereocenters. The van der Waals surface area contributed by atoms with Gasteiger partial charge in [0.25, 0.3) is 11.8 Å². The molecule has 2 heterocycles. The standard InChI is InChI=1S/C16H17ClF6N4O3/c1-14(30,16(21,22)23)6-25-12(28)11-9(24)8(17)7(15(18,19)20)10(26-11)13(29)27-4-2-3-5-27/h30H,2-6,24H2,1H3,(H,25,28). The van der Waals surface area contributed by atoms with Crippen molar-refractivity contribution in [3.05, 3.63) is 22.0 Å². The van der Waals surface area contributed by atoms with Crippen molar-refractivity contribution in [1.29, 1.82) is 0 Å². The van der Waals surface area contributed by atoms with Crippen LogP contribution in [0.5, 0.6) is 0 Å². The van der Waals surface area contributed by atoms with Gasteiger partial charge in [0.05, 0.1) is 17.3 Å². The lowest BCUT2D eigenvalue weighted by atomic mass is 10.1. The quantitative estimate of drug-likeness (QED) is 0.596. The third kappa shape index (κ3) is 4.72. The minimum atomic E-state index is -5.14. The van der Waals surface area contributed by atoms with Crippen LogP contribution < -0.4 is 11.1 Å². The summed E-state index contributed by atoms with van der Waals surface area (Å²) in [6, 6.07) is 0. The van der Waals surface area contributed by atoms with Gasteiger partial charge in [-0.05, 0) is 19.8 Å². The third-order valence-electron chi connectivity index (χ3n) is 4.47. The summed E-state index contributed by atoms with van der Waals surface area (Å²) in [5, 5.41) is 9.90. The molecule has 0 radical (unpaired) electrons. The zero-order valence-corrected chi connectivity index (χ0v) is 16.2. The number of amides is 2. The second-order valence-electron chi connectivity index (χ2n) is 6.86. The maximum Gasteiger partial charge on any atom is 0.420 e. The first-order valence-corrected chi connectivity index (χ1v) is 8.88. The van der Waals surface area contributed by atoms with Gasteiger partial charge in [0.15, 0.2) is 11.3 Å². The van der Waals surface area contributed by atoms with E-state index in [1.165, 1.54) is 0 Å². The second kappa shape index (κ2) is 8.10. The summed E-state index contributed by atoms with van der Waals surface area (Å²) in [6.07, 6.45) is -9.14. The van der Waals surface area contributed by atoms with E-state index in [-0.39, 0.29) is 13.1 Å². The summed E-state index contributed by atoms with van der Waals surface area (Å²) in [5.74, 6) is -2.58. The lowest BCUT2D eigenvalue weighted by molar-refractivity contribution is -0.249. The Hall–Kier alpha value is -2.28. The first kappa shape index (κ1) is 24.0. The minimum Gasteiger partial charge on any atom is -0.396 e. The number of pyridine rings is 1. The predicted octanol–water partition coefficient (Wildman–Crippen LogP) is 2.62. The fourth-order valence-corrected chi connectivity index (χ4v) is 2.95. The fourth-order valence-electron chi connectivity index (χ4n) is 2.66. The Balaban J connectivity index is 2.48. The first-order chi connectivity index (χ1) is 13.6. The average Bonchev–Trinajstić information content (AvgIpc) is 3.13. The number of nitrogens with zero attached hydrogens (tertiary/aromatic N) is 2. The number of halogens is 7. The van der Waals surface area contributed by atoms with E-state index < -0.39 is 64.0 Å². The number of aliphatic hydroxyl groups is 1. The highest BCUT2D eigenvalue weighted by molar-refractivity contribution is 6.35. The topological polar surface area (TPSA) is 109 Å². The number of rotatable bonds is 4. The zero-order valence-electron chi connectivity index (χ0n) is 15.4. The predicted molar refractivity (Wildman–Crippen MR) is 92.8 cm³/mol. The van der Waals surface area contributed by atoms with Gasteiger partial charge in [-0.15, -0.1) is 0 Å². The molecule has 1 aliphatic rings. The maximum atomic E-state index is 13.5. The number of nitrogen functional groups attached to an aromatic ring is 1. The van der Waals surface area contributed by atoms with Crippen LogP contribution in [0.25, 0.3) is 0 Å². The molecule has 0 aliphatic carbocycles. The molecule has 1 aliphatic heterocycles. The number of hydrogen-bond acceptors (Lipinski definition) is 5. The van der Waals surface area contributed by atoms with Gasteiger partial charge in [-0.2, -0.15) is 26.3 Å². The molecule has 1 aromatic heterocycles. The molecule has 0 spiro atoms. The highest BCUT2D eigenvalue weighted by atomic mass is 35.5. The molecule has 0 bridgehead atoms. The van der Waals surface area contributed by atoms with Gasteiger partial charge in [0, 0.05) is 13.1 Å². The van der Waals surface area contributed by atoms with Crippen molar-refractivity contribution in [1.82, 2.24) is 15.2 Å². The Morgan fingerprint density at radius 3 is 2.17 bits per heavy atom. The van der Waals surface area contributed by atoms with Crippen molar-refractivity contribution in [3.8, 4) is 0 Å². The van der Waals surface area contributed by atoms with Gasteiger partial charge in [-0.3, -0.25) is 9.59 Å². The van der Waals surface area contributed by atoms with E-state index in [9.17, 15) is 41.0 Å². The van der Waals surface area contributed by atoms with Crippen molar-refractivity contribution < 1.29 is 41.0 Å². The molecule has 30 heavy (non-hydrogen) atoms. The number of nitrogens with one attached hydrogen (secondary N) is 1. The molecule has 168 valence electrons. The molecule has 1 atom stereocenters. The normalized spacial score (nSPS) is 17.0. The van der Waals surface area contributed by atoms with E-state index in [1.807, 2.05) is 0 Å². The lowest BCUT2D eigenvalue weighted by Gasteiger charge is -2.26. The SMILES string of the molecule is CC(O)(CNC(=O)c1nc(C(=O)N2CCCC2)c(C(F)(F)F)c(Cl)c1N)C(F)(F)F. The van der Waals surface area contributed by atoms with Gasteiger partial charge in [-0.25, -0.2) is 4.98 Å². The molecule has 2 rings (SSSR count). The molecule has 14 heteroatoms. The van der Waals surface area contributed by atoms with E-state index in [0.717, 1.165) is 4.90 Å². The van der Waals surface area contributed by atoms with Crippen LogP contribution in [0, 0.1) is 0 Å². The highest BCUT2D eigenvalue weighted by Crippen LogP contribution is 2.41. The highest BCUT2D eigenvalue weighted by Gasteiger charge is 2.50. The fraction of sp³-hybridized carbons (Fsp3) is 0.562. The summed E-state index contributed by atoms with van der Waals surface area (Å²) in [7, 11) is 0. The molecule has 7 nitrogen and oxygen atoms in total. The van der Waals surface area contributed by atoms with Gasteiger partial charge in [0.1, 0.15) is 11.3 Å². The van der Waals surface area contributed by atoms with Crippen LogP contribution in [-0.4, -0.2) is 58.2 Å². The van der Waals surface area contributed by atoms with Crippen molar-refractivity contribution in [2.24, 2.45) is 0 Å². The molecule has 1 fully saturated rings. The Bertz CT molecular complexity index is 851. The van der Waals surface area contributed by atoms with Crippen molar-refractivity contribution in [3.63, 3.8) is 0 Å². The molecular formula is C16H17ClF6N4O3. The van der Waals surface area contributed by atoms with Crippen LogP contribution >= 0.6 is 11.6 Å². The largest absolute Gasteiger partial charge is 0.420 e. The van der Waals surface area contributed by atoms with Crippen molar-refractivity contribution in [2.75, 3.05) is 25.4 Å². The maximum absolute atomic E-state index is 13.5. The molecule has 2 amide bonds. The van der Waals surface area contributed by atoms with Crippen LogP contribution in [0.3, 0.4) is 0 Å². The number of likely N-dealkylation sites (tertiary alicyclic amines) is 1. The number of nitrogens with two attached hydrogens (primary N) is 1. The second-order valence-corrected chi connectivity index (χ2v) is 7.24. The number of carbonyl (C=O) groups excluding carboxylic acids is 2. The summed E-state index contributed by atoms with van der Waals surface area (Å²) in [4.78, 5) is 29.3. The molecule has 0 saturated carbocycles. The number of hydrogen-bond donors (Lipinski definition) is 3. The number of aromatic nitrogens is 1. The molecule has 1 saturated heterocycles. The van der Waals surface area contributed by atoms with Gasteiger partial charge >= 0.3 is 12.4 Å².